The average Bonchev–Trinajstić information content (AvgIpc) is 0.919. The molecular weight excluding hydrogens is 1410 g/mol. The molecule has 0 aromatic carbocycles. The number of hydrogen-bond acceptors (Lipinski definition) is 15. The van der Waals surface area contributed by atoms with Gasteiger partial charge in [0, 0.05) is 51.6 Å². The molecule has 4 amide bonds. The first-order valence-electron chi connectivity index (χ1n) is 43.9. The van der Waals surface area contributed by atoms with Crippen molar-refractivity contribution in [2.75, 3.05) is 65.9 Å². The van der Waals surface area contributed by atoms with E-state index in [-0.39, 0.29) is 118 Å². The van der Waals surface area contributed by atoms with Gasteiger partial charge in [0.1, 0.15) is 12.2 Å². The third-order valence-electron chi connectivity index (χ3n) is 19.5. The Kier molecular flexibility index (Phi) is 81.1. The number of carbonyl (C=O) groups excluding carboxylic acids is 5. The van der Waals surface area contributed by atoms with E-state index in [2.05, 4.69) is 62.8 Å². The Labute approximate surface area is 676 Å². The van der Waals surface area contributed by atoms with Gasteiger partial charge in [0.25, 0.3) is 0 Å². The van der Waals surface area contributed by atoms with Crippen molar-refractivity contribution in [3.8, 4) is 0 Å². The first-order valence-corrected chi connectivity index (χ1v) is 46.9. The molecule has 0 rings (SSSR count). The van der Waals surface area contributed by atoms with E-state index < -0.39 is 60.2 Å². The van der Waals surface area contributed by atoms with Gasteiger partial charge in [-0.15, -0.1) is 0 Å². The first kappa shape index (κ1) is 107. The molecule has 0 heterocycles. The molecule has 0 saturated carbocycles. The van der Waals surface area contributed by atoms with Gasteiger partial charge in [-0.25, -0.2) is 13.9 Å². The molecule has 0 aromatic heterocycles. The number of nitrogens with one attached hydrogen (secondary N) is 4. The molecule has 0 aliphatic rings. The smallest absolute Gasteiger partial charge is 0.462 e. The summed E-state index contributed by atoms with van der Waals surface area (Å²) in [6.07, 6.45) is 59.9. The number of carbonyl (C=O) groups is 5. The number of phosphoric ester groups is 2. The van der Waals surface area contributed by atoms with Gasteiger partial charge in [-0.3, -0.25) is 37.3 Å². The monoisotopic (exact) mass is 1570 g/mol. The van der Waals surface area contributed by atoms with Gasteiger partial charge in [-0.1, -0.05) is 324 Å². The largest absolute Gasteiger partial charge is 1.00 e. The van der Waals surface area contributed by atoms with Crippen LogP contribution in [0.5, 0.6) is 0 Å². The third kappa shape index (κ3) is 78.0. The van der Waals surface area contributed by atoms with E-state index >= 15 is 0 Å². The van der Waals surface area contributed by atoms with Crippen LogP contribution >= 0.6 is 15.6 Å². The SMILES string of the molecule is CCCCCCCCCCCCCC(=O)N[C@H](COCC[C@H](CCCCCCC)OC(=O)CCCCCCCCCCC)COP(=O)(O)OCCNC(=O)NCCOP(=O)(O)OC[C@@H](COCC[C@H](CCCCCCC)OC(=O)CCCCCCCCCCC)NC(=O)CCCCCCCCCCCCC.[Na+]. The van der Waals surface area contributed by atoms with E-state index in [1.165, 1.54) is 167 Å². The number of esters is 2. The van der Waals surface area contributed by atoms with E-state index in [4.69, 9.17) is 37.0 Å². The summed E-state index contributed by atoms with van der Waals surface area (Å²) in [5.74, 6) is -0.846. The summed E-state index contributed by atoms with van der Waals surface area (Å²) in [4.78, 5) is 86.8. The standard InChI is InChI=1S/C83H164N4O17P2.Na/c1-7-13-19-25-29-33-35-39-41-47-53-59-79(88)86-75(71-97-67-63-77(57-51-45-23-17-11-5)103-81(90)61-55-49-43-37-31-27-21-15-9-3)73-101-105(93,94)99-69-65-84-83(92)85-66-70-100-106(95,96)102-74-76(87-80(89)60-54-48-42-40-36-34-30-26-20-14-8-2)72-98-68-64-78(58-52-46-24-18-12-6)104-82(91)62-56-50-44-38-32-28-22-16-10-4;/h75-78H,7-74H2,1-6H3,(H,86,88)(H,87,89)(H,93,94)(H,95,96)(H2,84,85,92);/q;+1/t75-,76-,77+,78+;/m1./s1. The van der Waals surface area contributed by atoms with Crippen molar-refractivity contribution >= 4 is 45.4 Å². The van der Waals surface area contributed by atoms with Crippen LogP contribution in [-0.4, -0.2) is 130 Å². The predicted molar refractivity (Wildman–Crippen MR) is 432 cm³/mol. The van der Waals surface area contributed by atoms with Crippen molar-refractivity contribution < 1.29 is 109 Å². The minimum absolute atomic E-state index is 0. The van der Waals surface area contributed by atoms with Crippen LogP contribution in [0.2, 0.25) is 0 Å². The molecule has 0 bridgehead atoms. The maximum Gasteiger partial charge on any atom is 1.00 e. The molecule has 0 spiro atoms. The molecule has 0 aliphatic heterocycles. The van der Waals surface area contributed by atoms with E-state index in [0.29, 0.717) is 38.5 Å². The topological polar surface area (TPSA) is 282 Å². The zero-order chi connectivity index (χ0) is 77.8. The van der Waals surface area contributed by atoms with Crippen molar-refractivity contribution in [1.82, 2.24) is 21.3 Å². The van der Waals surface area contributed by atoms with Crippen LogP contribution in [0, 0.1) is 0 Å². The maximum absolute atomic E-state index is 13.3. The zero-order valence-electron chi connectivity index (χ0n) is 69.8. The predicted octanol–water partition coefficient (Wildman–Crippen LogP) is 19.1. The fourth-order valence-electron chi connectivity index (χ4n) is 12.9. The van der Waals surface area contributed by atoms with Crippen LogP contribution in [0.3, 0.4) is 0 Å². The summed E-state index contributed by atoms with van der Waals surface area (Å²) in [5, 5.41) is 10.8. The normalized spacial score (nSPS) is 13.8. The summed E-state index contributed by atoms with van der Waals surface area (Å²) >= 11 is 0. The fourth-order valence-corrected chi connectivity index (χ4v) is 14.5. The van der Waals surface area contributed by atoms with E-state index in [0.717, 1.165) is 154 Å². The molecule has 0 radical (unpaired) electrons. The number of phosphoric acid groups is 2. The second-order valence-electron chi connectivity index (χ2n) is 30.0. The van der Waals surface area contributed by atoms with Gasteiger partial charge >= 0.3 is 63.2 Å². The number of hydrogen-bond donors (Lipinski definition) is 6. The summed E-state index contributed by atoms with van der Waals surface area (Å²) in [5.41, 5.74) is 0. The summed E-state index contributed by atoms with van der Waals surface area (Å²) in [7, 11) is -9.41. The van der Waals surface area contributed by atoms with Gasteiger partial charge in [0.05, 0.1) is 64.9 Å². The second-order valence-corrected chi connectivity index (χ2v) is 32.9. The maximum atomic E-state index is 13.3. The number of amides is 4. The Morgan fingerprint density at radius 2 is 0.542 bits per heavy atom. The van der Waals surface area contributed by atoms with Crippen LogP contribution in [0.4, 0.5) is 4.79 Å². The van der Waals surface area contributed by atoms with Crippen molar-refractivity contribution in [3.05, 3.63) is 0 Å². The Morgan fingerprint density at radius 3 is 0.813 bits per heavy atom. The Balaban J connectivity index is 0. The van der Waals surface area contributed by atoms with E-state index in [9.17, 15) is 42.9 Å². The van der Waals surface area contributed by atoms with Crippen molar-refractivity contribution in [2.45, 2.75) is 438 Å². The van der Waals surface area contributed by atoms with E-state index in [1.54, 1.807) is 0 Å². The van der Waals surface area contributed by atoms with Crippen LogP contribution < -0.4 is 50.8 Å². The van der Waals surface area contributed by atoms with Gasteiger partial charge in [-0.2, -0.15) is 0 Å². The molecular formula is C83H164N4NaO17P2+. The average molecular weight is 1580 g/mol. The Hall–Kier alpha value is -1.71. The Bertz CT molecular complexity index is 1970. The van der Waals surface area contributed by atoms with E-state index in [1.807, 2.05) is 0 Å². The summed E-state index contributed by atoms with van der Waals surface area (Å²) < 4.78 is 71.7. The van der Waals surface area contributed by atoms with Gasteiger partial charge in [0.2, 0.25) is 11.8 Å². The van der Waals surface area contributed by atoms with Gasteiger partial charge < -0.3 is 50.0 Å². The molecule has 2 unspecified atom stereocenters. The molecule has 0 aromatic rings. The number of ether oxygens (including phenoxy) is 4. The minimum Gasteiger partial charge on any atom is -0.462 e. The molecule has 24 heteroatoms. The molecule has 6 atom stereocenters. The fraction of sp³-hybridized carbons (Fsp3) is 0.940. The molecule has 21 nitrogen and oxygen atoms in total. The third-order valence-corrected chi connectivity index (χ3v) is 21.5. The molecule has 0 aliphatic carbocycles. The summed E-state index contributed by atoms with van der Waals surface area (Å²) in [6, 6.07) is -2.32. The van der Waals surface area contributed by atoms with Crippen LogP contribution in [0.1, 0.15) is 414 Å². The summed E-state index contributed by atoms with van der Waals surface area (Å²) in [6.45, 7) is 11.6. The Morgan fingerprint density at radius 1 is 0.299 bits per heavy atom. The van der Waals surface area contributed by atoms with Crippen molar-refractivity contribution in [3.63, 3.8) is 0 Å². The number of unbranched alkanes of at least 4 members (excludes halogenated alkanes) is 44. The minimum atomic E-state index is -4.70. The van der Waals surface area contributed by atoms with Crippen molar-refractivity contribution in [1.29, 1.82) is 0 Å². The van der Waals surface area contributed by atoms with Crippen LogP contribution in [0.15, 0.2) is 0 Å². The first-order chi connectivity index (χ1) is 51.5. The van der Waals surface area contributed by atoms with Gasteiger partial charge in [-0.05, 0) is 51.4 Å². The quantitative estimate of drug-likeness (QED) is 0.0143. The molecule has 0 fully saturated rings. The van der Waals surface area contributed by atoms with Crippen molar-refractivity contribution in [2.24, 2.45) is 0 Å². The zero-order valence-corrected chi connectivity index (χ0v) is 73.6. The molecule has 0 saturated heterocycles. The molecule has 6 N–H and O–H groups in total. The number of urea groups is 1. The number of rotatable bonds is 84. The molecule has 628 valence electrons. The second kappa shape index (κ2) is 80.9. The molecule has 107 heavy (non-hydrogen) atoms. The van der Waals surface area contributed by atoms with Crippen LogP contribution in [-0.2, 0) is 65.4 Å². The van der Waals surface area contributed by atoms with Gasteiger partial charge in [0.15, 0.2) is 0 Å². The van der Waals surface area contributed by atoms with Crippen LogP contribution in [0.25, 0.3) is 0 Å².